The molecule has 0 fully saturated rings. The molecule has 0 saturated carbocycles. The largest absolute Gasteiger partial charge is 0.481 e. The normalized spacial score (nSPS) is 10.8. The van der Waals surface area contributed by atoms with E-state index < -0.39 is 5.97 Å². The molecular formula is C10H12N4O3S2. The van der Waals surface area contributed by atoms with E-state index in [1.54, 1.807) is 10.1 Å². The molecule has 9 heteroatoms. The van der Waals surface area contributed by atoms with Gasteiger partial charge in [0.05, 0.1) is 23.5 Å². The number of carboxylic acid groups (broad SMARTS) is 1. The molecule has 2 aromatic rings. The molecule has 0 spiro atoms. The molecular weight excluding hydrogens is 288 g/mol. The molecule has 0 aromatic carbocycles. The average molecular weight is 300 g/mol. The van der Waals surface area contributed by atoms with Gasteiger partial charge in [-0.3, -0.25) is 9.36 Å². The number of aliphatic carboxylic acids is 1. The van der Waals surface area contributed by atoms with Gasteiger partial charge in [0.1, 0.15) is 6.61 Å². The van der Waals surface area contributed by atoms with Crippen LogP contribution in [0.2, 0.25) is 0 Å². The van der Waals surface area contributed by atoms with E-state index in [9.17, 15) is 9.90 Å². The number of aryl methyl sites for hydroxylation is 1. The zero-order valence-electron chi connectivity index (χ0n) is 10.1. The van der Waals surface area contributed by atoms with E-state index in [2.05, 4.69) is 15.2 Å². The lowest BCUT2D eigenvalue weighted by Gasteiger charge is -2.07. The quantitative estimate of drug-likeness (QED) is 0.759. The summed E-state index contributed by atoms with van der Waals surface area (Å²) in [6.07, 6.45) is 0. The first-order valence-corrected chi connectivity index (χ1v) is 7.24. The highest BCUT2D eigenvalue weighted by molar-refractivity contribution is 7.99. The van der Waals surface area contributed by atoms with Crippen molar-refractivity contribution in [2.75, 3.05) is 5.75 Å². The van der Waals surface area contributed by atoms with Gasteiger partial charge in [-0.15, -0.1) is 21.5 Å². The maximum Gasteiger partial charge on any atom is 0.313 e. The fraction of sp³-hybridized carbons (Fsp3) is 0.400. The Kier molecular flexibility index (Phi) is 4.51. The van der Waals surface area contributed by atoms with Gasteiger partial charge in [-0.05, 0) is 6.92 Å². The van der Waals surface area contributed by atoms with Crippen LogP contribution in [-0.4, -0.2) is 41.7 Å². The van der Waals surface area contributed by atoms with Crippen LogP contribution in [0.4, 0.5) is 0 Å². The van der Waals surface area contributed by atoms with E-state index >= 15 is 0 Å². The molecule has 0 radical (unpaired) electrons. The molecule has 19 heavy (non-hydrogen) atoms. The van der Waals surface area contributed by atoms with Crippen LogP contribution in [0, 0.1) is 6.92 Å². The first kappa shape index (κ1) is 14.0. The Balaban J connectivity index is 2.23. The number of aliphatic hydroxyl groups is 1. The minimum absolute atomic E-state index is 0.0920. The van der Waals surface area contributed by atoms with Gasteiger partial charge in [0.15, 0.2) is 11.0 Å². The molecule has 2 heterocycles. The number of thioether (sulfide) groups is 1. The first-order chi connectivity index (χ1) is 9.11. The second kappa shape index (κ2) is 6.13. The Labute approximate surface area is 117 Å². The Morgan fingerprint density at radius 2 is 2.32 bits per heavy atom. The van der Waals surface area contributed by atoms with Crippen molar-refractivity contribution in [3.05, 3.63) is 21.9 Å². The monoisotopic (exact) mass is 300 g/mol. The molecule has 2 rings (SSSR count). The van der Waals surface area contributed by atoms with Crippen molar-refractivity contribution < 1.29 is 15.0 Å². The van der Waals surface area contributed by atoms with Gasteiger partial charge in [0.25, 0.3) is 0 Å². The van der Waals surface area contributed by atoms with Crippen LogP contribution in [0.25, 0.3) is 0 Å². The maximum atomic E-state index is 10.6. The highest BCUT2D eigenvalue weighted by Crippen LogP contribution is 2.21. The van der Waals surface area contributed by atoms with Gasteiger partial charge in [-0.1, -0.05) is 11.8 Å². The van der Waals surface area contributed by atoms with Gasteiger partial charge in [-0.2, -0.15) is 0 Å². The van der Waals surface area contributed by atoms with E-state index in [4.69, 9.17) is 5.11 Å². The van der Waals surface area contributed by atoms with Crippen LogP contribution < -0.4 is 0 Å². The van der Waals surface area contributed by atoms with Gasteiger partial charge in [-0.25, -0.2) is 4.98 Å². The van der Waals surface area contributed by atoms with E-state index in [-0.39, 0.29) is 12.4 Å². The summed E-state index contributed by atoms with van der Waals surface area (Å²) in [6.45, 7) is 2.15. The van der Waals surface area contributed by atoms with Crippen LogP contribution >= 0.6 is 23.1 Å². The third-order valence-electron chi connectivity index (χ3n) is 2.41. The molecule has 0 atom stereocenters. The fourth-order valence-corrected chi connectivity index (χ4v) is 2.89. The van der Waals surface area contributed by atoms with Crippen molar-refractivity contribution in [1.29, 1.82) is 0 Å². The van der Waals surface area contributed by atoms with Crippen molar-refractivity contribution in [1.82, 2.24) is 19.7 Å². The molecule has 0 aliphatic carbocycles. The van der Waals surface area contributed by atoms with Crippen LogP contribution in [0.3, 0.4) is 0 Å². The zero-order chi connectivity index (χ0) is 13.8. The summed E-state index contributed by atoms with van der Waals surface area (Å²) in [7, 11) is 0. The number of thiazole rings is 1. The topological polar surface area (TPSA) is 101 Å². The lowest BCUT2D eigenvalue weighted by atomic mass is 10.4. The predicted molar refractivity (Wildman–Crippen MR) is 70.3 cm³/mol. The molecule has 0 unspecified atom stereocenters. The zero-order valence-corrected chi connectivity index (χ0v) is 11.7. The summed E-state index contributed by atoms with van der Waals surface area (Å²) in [6, 6.07) is 0. The molecule has 0 aliphatic rings. The smallest absolute Gasteiger partial charge is 0.313 e. The molecule has 0 saturated heterocycles. The molecule has 102 valence electrons. The van der Waals surface area contributed by atoms with Gasteiger partial charge in [0, 0.05) is 4.88 Å². The summed E-state index contributed by atoms with van der Waals surface area (Å²) in [4.78, 5) is 15.8. The molecule has 2 aromatic heterocycles. The Hall–Kier alpha value is -1.45. The number of aliphatic hydroxyl groups excluding tert-OH is 1. The van der Waals surface area contributed by atoms with Gasteiger partial charge < -0.3 is 10.2 Å². The van der Waals surface area contributed by atoms with E-state index in [1.165, 1.54) is 11.3 Å². The van der Waals surface area contributed by atoms with Crippen molar-refractivity contribution in [2.24, 2.45) is 0 Å². The Morgan fingerprint density at radius 3 is 2.89 bits per heavy atom. The molecule has 2 N–H and O–H groups in total. The van der Waals surface area contributed by atoms with Gasteiger partial charge in [0.2, 0.25) is 0 Å². The minimum Gasteiger partial charge on any atom is -0.481 e. The third kappa shape index (κ3) is 3.31. The molecule has 0 amide bonds. The number of rotatable bonds is 6. The second-order valence-corrected chi connectivity index (χ2v) is 5.57. The minimum atomic E-state index is -0.918. The summed E-state index contributed by atoms with van der Waals surface area (Å²) < 4.78 is 1.72. The van der Waals surface area contributed by atoms with Crippen LogP contribution in [0.5, 0.6) is 0 Å². The van der Waals surface area contributed by atoms with Crippen molar-refractivity contribution >= 4 is 29.1 Å². The fourth-order valence-electron chi connectivity index (χ4n) is 1.45. The lowest BCUT2D eigenvalue weighted by Crippen LogP contribution is -2.08. The van der Waals surface area contributed by atoms with Crippen molar-refractivity contribution in [3.8, 4) is 0 Å². The van der Waals surface area contributed by atoms with Crippen molar-refractivity contribution in [2.45, 2.75) is 25.2 Å². The standard InChI is InChI=1S/C10H12N4O3S2/c1-6-7(19-5-11-6)2-14-8(3-15)12-13-10(14)18-4-9(16)17/h5,15H,2-4H2,1H3,(H,16,17). The highest BCUT2D eigenvalue weighted by atomic mass is 32.2. The second-order valence-electron chi connectivity index (χ2n) is 3.69. The van der Waals surface area contributed by atoms with Crippen LogP contribution in [0.1, 0.15) is 16.4 Å². The van der Waals surface area contributed by atoms with Crippen LogP contribution in [-0.2, 0) is 17.9 Å². The molecule has 0 bridgehead atoms. The maximum absolute atomic E-state index is 10.6. The van der Waals surface area contributed by atoms with Crippen LogP contribution in [0.15, 0.2) is 10.7 Å². The molecule has 0 aliphatic heterocycles. The number of carboxylic acids is 1. The number of aromatic nitrogens is 4. The van der Waals surface area contributed by atoms with E-state index in [1.807, 2.05) is 6.92 Å². The number of carbonyl (C=O) groups is 1. The summed E-state index contributed by atoms with van der Waals surface area (Å²) in [5.41, 5.74) is 2.66. The van der Waals surface area contributed by atoms with Crippen molar-refractivity contribution in [3.63, 3.8) is 0 Å². The molecule has 7 nitrogen and oxygen atoms in total. The highest BCUT2D eigenvalue weighted by Gasteiger charge is 2.15. The summed E-state index contributed by atoms with van der Waals surface area (Å²) in [5, 5.41) is 26.2. The van der Waals surface area contributed by atoms with E-state index in [0.29, 0.717) is 17.5 Å². The SMILES string of the molecule is Cc1ncsc1Cn1c(CO)nnc1SCC(=O)O. The Bertz CT molecular complexity index is 581. The first-order valence-electron chi connectivity index (χ1n) is 5.38. The number of hydrogen-bond acceptors (Lipinski definition) is 7. The average Bonchev–Trinajstić information content (AvgIpc) is 2.95. The third-order valence-corrected chi connectivity index (χ3v) is 4.28. The lowest BCUT2D eigenvalue weighted by molar-refractivity contribution is -0.133. The van der Waals surface area contributed by atoms with E-state index in [0.717, 1.165) is 22.3 Å². The van der Waals surface area contributed by atoms with Gasteiger partial charge >= 0.3 is 5.97 Å². The predicted octanol–water partition coefficient (Wildman–Crippen LogP) is 0.760. The number of nitrogens with zero attached hydrogens (tertiary/aromatic N) is 4. The number of hydrogen-bond donors (Lipinski definition) is 2. The summed E-state index contributed by atoms with van der Waals surface area (Å²) in [5.74, 6) is -0.592. The summed E-state index contributed by atoms with van der Waals surface area (Å²) >= 11 is 2.59. The Morgan fingerprint density at radius 1 is 1.53 bits per heavy atom.